The van der Waals surface area contributed by atoms with E-state index in [0.29, 0.717) is 17.2 Å². The minimum atomic E-state index is -0.704. The largest absolute Gasteiger partial charge is 0.449 e. The van der Waals surface area contributed by atoms with E-state index in [1.54, 1.807) is 18.2 Å². The maximum Gasteiger partial charge on any atom is 0.293 e. The molecule has 2 heterocycles. The second-order valence-electron chi connectivity index (χ2n) is 4.76. The quantitative estimate of drug-likeness (QED) is 0.757. The molecular formula is C12H13N5O3. The van der Waals surface area contributed by atoms with Crippen molar-refractivity contribution in [3.63, 3.8) is 0 Å². The van der Waals surface area contributed by atoms with Gasteiger partial charge < -0.3 is 20.5 Å². The third-order valence-electron chi connectivity index (χ3n) is 2.63. The number of nitrogens with zero attached hydrogens (tertiary/aromatic N) is 2. The molecule has 0 unspecified atom stereocenters. The standard InChI is InChI=1S/C12H13N5O3/c1-12(2)19-7-4-3-6(5-8(7)20-12)14-10(18)9-15-11(13)17-16-9/h3-5H,1-2H3,(H,14,18)(H3,13,15,16,17). The molecule has 0 fully saturated rings. The van der Waals surface area contributed by atoms with Crippen molar-refractivity contribution in [1.29, 1.82) is 0 Å². The summed E-state index contributed by atoms with van der Waals surface area (Å²) in [4.78, 5) is 15.6. The van der Waals surface area contributed by atoms with E-state index >= 15 is 0 Å². The lowest BCUT2D eigenvalue weighted by Crippen LogP contribution is -2.29. The first-order valence-corrected chi connectivity index (χ1v) is 5.94. The first-order valence-electron chi connectivity index (χ1n) is 5.94. The average Bonchev–Trinajstić information content (AvgIpc) is 2.90. The summed E-state index contributed by atoms with van der Waals surface area (Å²) < 4.78 is 11.2. The molecule has 0 saturated heterocycles. The number of hydrogen-bond donors (Lipinski definition) is 3. The van der Waals surface area contributed by atoms with Crippen LogP contribution in [0.5, 0.6) is 11.5 Å². The second kappa shape index (κ2) is 4.12. The van der Waals surface area contributed by atoms with Gasteiger partial charge in [-0.2, -0.15) is 4.98 Å². The van der Waals surface area contributed by atoms with Gasteiger partial charge in [0.15, 0.2) is 11.5 Å². The highest BCUT2D eigenvalue weighted by Crippen LogP contribution is 2.40. The Morgan fingerprint density at radius 3 is 2.80 bits per heavy atom. The van der Waals surface area contributed by atoms with E-state index in [2.05, 4.69) is 20.5 Å². The summed E-state index contributed by atoms with van der Waals surface area (Å²) in [5.41, 5.74) is 5.90. The molecule has 8 heteroatoms. The number of carbonyl (C=O) groups is 1. The van der Waals surface area contributed by atoms with Crippen LogP contribution >= 0.6 is 0 Å². The van der Waals surface area contributed by atoms with E-state index in [0.717, 1.165) is 0 Å². The number of nitrogens with one attached hydrogen (secondary N) is 2. The molecule has 8 nitrogen and oxygen atoms in total. The number of aromatic amines is 1. The maximum absolute atomic E-state index is 11.9. The van der Waals surface area contributed by atoms with E-state index in [1.807, 2.05) is 13.8 Å². The first kappa shape index (κ1) is 12.3. The van der Waals surface area contributed by atoms with Crippen LogP contribution in [0.1, 0.15) is 24.5 Å². The van der Waals surface area contributed by atoms with E-state index in [9.17, 15) is 4.79 Å². The molecule has 0 aliphatic carbocycles. The molecule has 1 aliphatic rings. The van der Waals surface area contributed by atoms with E-state index in [4.69, 9.17) is 15.2 Å². The Morgan fingerprint density at radius 1 is 1.35 bits per heavy atom. The smallest absolute Gasteiger partial charge is 0.293 e. The molecule has 3 rings (SSSR count). The zero-order valence-corrected chi connectivity index (χ0v) is 10.9. The van der Waals surface area contributed by atoms with Crippen molar-refractivity contribution < 1.29 is 14.3 Å². The van der Waals surface area contributed by atoms with E-state index in [1.165, 1.54) is 0 Å². The summed E-state index contributed by atoms with van der Waals surface area (Å²) in [5.74, 6) is 0.127. The number of fused-ring (bicyclic) bond motifs is 1. The van der Waals surface area contributed by atoms with Gasteiger partial charge in [-0.05, 0) is 12.1 Å². The van der Waals surface area contributed by atoms with Gasteiger partial charge >= 0.3 is 0 Å². The SMILES string of the molecule is CC1(C)Oc2ccc(NC(=O)c3nc(N)n[nH]3)cc2O1. The van der Waals surface area contributed by atoms with Crippen molar-refractivity contribution in [3.05, 3.63) is 24.0 Å². The Labute approximate surface area is 114 Å². The van der Waals surface area contributed by atoms with Gasteiger partial charge in [0.05, 0.1) is 0 Å². The van der Waals surface area contributed by atoms with Gasteiger partial charge in [-0.15, -0.1) is 5.10 Å². The van der Waals surface area contributed by atoms with Gasteiger partial charge in [-0.25, -0.2) is 0 Å². The van der Waals surface area contributed by atoms with Gasteiger partial charge in [-0.3, -0.25) is 9.89 Å². The van der Waals surface area contributed by atoms with Crippen LogP contribution < -0.4 is 20.5 Å². The molecule has 104 valence electrons. The molecule has 1 aliphatic heterocycles. The van der Waals surface area contributed by atoms with Crippen molar-refractivity contribution in [2.75, 3.05) is 11.1 Å². The lowest BCUT2D eigenvalue weighted by Gasteiger charge is -2.16. The number of amides is 1. The van der Waals surface area contributed by atoms with Crippen molar-refractivity contribution in [3.8, 4) is 11.5 Å². The number of H-pyrrole nitrogens is 1. The van der Waals surface area contributed by atoms with E-state index < -0.39 is 11.7 Å². The molecule has 1 aromatic carbocycles. The summed E-state index contributed by atoms with van der Waals surface area (Å²) >= 11 is 0. The zero-order valence-electron chi connectivity index (χ0n) is 10.9. The number of ether oxygens (including phenoxy) is 2. The zero-order chi connectivity index (χ0) is 14.3. The van der Waals surface area contributed by atoms with Gasteiger partial charge in [-0.1, -0.05) is 0 Å². The average molecular weight is 275 g/mol. The number of aromatic nitrogens is 3. The molecular weight excluding hydrogens is 262 g/mol. The predicted octanol–water partition coefficient (Wildman–Crippen LogP) is 1.15. The number of hydrogen-bond acceptors (Lipinski definition) is 6. The lowest BCUT2D eigenvalue weighted by atomic mass is 10.3. The molecule has 0 spiro atoms. The fraction of sp³-hybridized carbons (Fsp3) is 0.250. The fourth-order valence-corrected chi connectivity index (χ4v) is 1.87. The summed E-state index contributed by atoms with van der Waals surface area (Å²) in [7, 11) is 0. The molecule has 0 saturated carbocycles. The topological polar surface area (TPSA) is 115 Å². The van der Waals surface area contributed by atoms with E-state index in [-0.39, 0.29) is 11.8 Å². The molecule has 4 N–H and O–H groups in total. The van der Waals surface area contributed by atoms with Gasteiger partial charge in [0, 0.05) is 25.6 Å². The number of rotatable bonds is 2. The Hall–Kier alpha value is -2.77. The number of anilines is 2. The van der Waals surface area contributed by atoms with Crippen LogP contribution in [-0.4, -0.2) is 26.9 Å². The lowest BCUT2D eigenvalue weighted by molar-refractivity contribution is -0.0431. The highest BCUT2D eigenvalue weighted by atomic mass is 16.7. The fourth-order valence-electron chi connectivity index (χ4n) is 1.87. The predicted molar refractivity (Wildman–Crippen MR) is 70.5 cm³/mol. The molecule has 1 amide bonds. The molecule has 20 heavy (non-hydrogen) atoms. The van der Waals surface area contributed by atoms with Crippen LogP contribution in [0.3, 0.4) is 0 Å². The summed E-state index contributed by atoms with van der Waals surface area (Å²) in [6.45, 7) is 3.62. The molecule has 0 bridgehead atoms. The van der Waals surface area contributed by atoms with Crippen molar-refractivity contribution in [1.82, 2.24) is 15.2 Å². The van der Waals surface area contributed by atoms with Crippen LogP contribution in [0.4, 0.5) is 11.6 Å². The Morgan fingerprint density at radius 2 is 2.10 bits per heavy atom. The van der Waals surface area contributed by atoms with Crippen LogP contribution in [0, 0.1) is 0 Å². The summed E-state index contributed by atoms with van der Waals surface area (Å²) in [6, 6.07) is 5.12. The Bertz CT molecular complexity index is 679. The number of nitrogen functional groups attached to an aromatic ring is 1. The van der Waals surface area contributed by atoms with Crippen molar-refractivity contribution >= 4 is 17.5 Å². The minimum absolute atomic E-state index is 0.0163. The number of nitrogens with two attached hydrogens (primary N) is 1. The van der Waals surface area contributed by atoms with Crippen LogP contribution in [0.25, 0.3) is 0 Å². The number of carbonyl (C=O) groups excluding carboxylic acids is 1. The van der Waals surface area contributed by atoms with Gasteiger partial charge in [0.25, 0.3) is 5.91 Å². The number of benzene rings is 1. The normalized spacial score (nSPS) is 15.1. The molecule has 2 aromatic rings. The second-order valence-corrected chi connectivity index (χ2v) is 4.76. The van der Waals surface area contributed by atoms with Gasteiger partial charge in [0.2, 0.25) is 17.6 Å². The maximum atomic E-state index is 11.9. The summed E-state index contributed by atoms with van der Waals surface area (Å²) in [5, 5.41) is 8.69. The Balaban J connectivity index is 1.78. The van der Waals surface area contributed by atoms with Crippen molar-refractivity contribution in [2.45, 2.75) is 19.6 Å². The monoisotopic (exact) mass is 275 g/mol. The third kappa shape index (κ3) is 2.22. The van der Waals surface area contributed by atoms with Gasteiger partial charge in [0.1, 0.15) is 0 Å². The molecule has 1 aromatic heterocycles. The Kier molecular flexibility index (Phi) is 2.53. The van der Waals surface area contributed by atoms with Crippen molar-refractivity contribution in [2.24, 2.45) is 0 Å². The highest BCUT2D eigenvalue weighted by Gasteiger charge is 2.31. The van der Waals surface area contributed by atoms with Crippen LogP contribution in [0.2, 0.25) is 0 Å². The molecule has 0 radical (unpaired) electrons. The highest BCUT2D eigenvalue weighted by molar-refractivity contribution is 6.01. The third-order valence-corrected chi connectivity index (χ3v) is 2.63. The van der Waals surface area contributed by atoms with Crippen LogP contribution in [-0.2, 0) is 0 Å². The minimum Gasteiger partial charge on any atom is -0.449 e. The van der Waals surface area contributed by atoms with Crippen LogP contribution in [0.15, 0.2) is 18.2 Å². The first-order chi connectivity index (χ1) is 9.43. The summed E-state index contributed by atoms with van der Waals surface area (Å²) in [6.07, 6.45) is 0. The molecule has 0 atom stereocenters.